The van der Waals surface area contributed by atoms with Crippen LogP contribution in [0.25, 0.3) is 10.9 Å². The molecular formula is C18H14N4O2. The molecule has 0 aliphatic carbocycles. The number of nitrogens with one attached hydrogen (secondary N) is 1. The Kier molecular flexibility index (Phi) is 4.08. The molecule has 1 aromatic heterocycles. The summed E-state index contributed by atoms with van der Waals surface area (Å²) in [5.41, 5.74) is 3.40. The van der Waals surface area contributed by atoms with Crippen LogP contribution >= 0.6 is 0 Å². The van der Waals surface area contributed by atoms with Crippen LogP contribution in [0.15, 0.2) is 48.7 Å². The molecule has 0 atom stereocenters. The van der Waals surface area contributed by atoms with Gasteiger partial charge in [-0.1, -0.05) is 19.1 Å². The zero-order valence-electron chi connectivity index (χ0n) is 13.0. The maximum Gasteiger partial charge on any atom is 0.270 e. The average molecular weight is 318 g/mol. The summed E-state index contributed by atoms with van der Waals surface area (Å²) < 4.78 is 0. The van der Waals surface area contributed by atoms with Crippen LogP contribution in [0.4, 0.5) is 17.1 Å². The molecule has 0 radical (unpaired) electrons. The monoisotopic (exact) mass is 318 g/mol. The number of fused-ring (bicyclic) bond motifs is 1. The first kappa shape index (κ1) is 15.4. The van der Waals surface area contributed by atoms with E-state index >= 15 is 0 Å². The molecule has 0 bridgehead atoms. The number of nitrogens with zero attached hydrogens (tertiary/aromatic N) is 3. The zero-order valence-corrected chi connectivity index (χ0v) is 13.0. The highest BCUT2D eigenvalue weighted by atomic mass is 16.6. The number of aryl methyl sites for hydroxylation is 1. The van der Waals surface area contributed by atoms with Crippen molar-refractivity contribution in [1.29, 1.82) is 5.26 Å². The van der Waals surface area contributed by atoms with Crippen molar-refractivity contribution in [2.24, 2.45) is 0 Å². The lowest BCUT2D eigenvalue weighted by Crippen LogP contribution is -1.98. The van der Waals surface area contributed by atoms with E-state index in [0.717, 1.165) is 17.7 Å². The number of hydrogen-bond donors (Lipinski definition) is 1. The predicted molar refractivity (Wildman–Crippen MR) is 92.2 cm³/mol. The number of hydrogen-bond acceptors (Lipinski definition) is 5. The van der Waals surface area contributed by atoms with Gasteiger partial charge in [-0.05, 0) is 30.2 Å². The maximum atomic E-state index is 11.1. The normalized spacial score (nSPS) is 10.3. The fraction of sp³-hybridized carbons (Fsp3) is 0.111. The molecule has 0 unspecified atom stereocenters. The van der Waals surface area contributed by atoms with Crippen LogP contribution < -0.4 is 5.32 Å². The minimum atomic E-state index is -0.458. The quantitative estimate of drug-likeness (QED) is 0.571. The van der Waals surface area contributed by atoms with Crippen LogP contribution in [-0.4, -0.2) is 9.91 Å². The summed E-state index contributed by atoms with van der Waals surface area (Å²) in [7, 11) is 0. The number of non-ortho nitro benzene ring substituents is 1. The Balaban J connectivity index is 2.18. The lowest BCUT2D eigenvalue weighted by molar-refractivity contribution is -0.384. The number of rotatable bonds is 4. The largest absolute Gasteiger partial charge is 0.354 e. The molecular weight excluding hydrogens is 304 g/mol. The minimum Gasteiger partial charge on any atom is -0.354 e. The summed E-state index contributed by atoms with van der Waals surface area (Å²) in [6, 6.07) is 14.4. The molecule has 2 aromatic carbocycles. The van der Waals surface area contributed by atoms with Gasteiger partial charge in [-0.25, -0.2) is 0 Å². The van der Waals surface area contributed by atoms with Gasteiger partial charge in [0.25, 0.3) is 5.69 Å². The Bertz CT molecular complexity index is 976. The van der Waals surface area contributed by atoms with Gasteiger partial charge >= 0.3 is 0 Å². The molecule has 118 valence electrons. The fourth-order valence-electron chi connectivity index (χ4n) is 2.53. The maximum absolute atomic E-state index is 11.1. The van der Waals surface area contributed by atoms with E-state index in [1.165, 1.54) is 18.3 Å². The molecule has 1 heterocycles. The summed E-state index contributed by atoms with van der Waals surface area (Å²) in [5.74, 6) is 0. The molecule has 0 fully saturated rings. The summed E-state index contributed by atoms with van der Waals surface area (Å²) in [5, 5.41) is 24.2. The van der Waals surface area contributed by atoms with E-state index in [2.05, 4.69) is 23.3 Å². The van der Waals surface area contributed by atoms with Crippen molar-refractivity contribution in [3.8, 4) is 6.07 Å². The molecule has 6 nitrogen and oxygen atoms in total. The Morgan fingerprint density at radius 3 is 2.83 bits per heavy atom. The smallest absolute Gasteiger partial charge is 0.270 e. The van der Waals surface area contributed by atoms with E-state index < -0.39 is 4.92 Å². The number of nitro benzene ring substituents is 1. The Labute approximate surface area is 138 Å². The van der Waals surface area contributed by atoms with Gasteiger partial charge in [-0.2, -0.15) is 5.26 Å². The number of pyridine rings is 1. The summed E-state index contributed by atoms with van der Waals surface area (Å²) in [6.07, 6.45) is 2.36. The van der Waals surface area contributed by atoms with Crippen molar-refractivity contribution in [1.82, 2.24) is 4.98 Å². The number of benzene rings is 2. The average Bonchev–Trinajstić information content (AvgIpc) is 2.61. The van der Waals surface area contributed by atoms with Gasteiger partial charge in [0.2, 0.25) is 0 Å². The van der Waals surface area contributed by atoms with E-state index in [0.29, 0.717) is 22.2 Å². The highest BCUT2D eigenvalue weighted by molar-refractivity contribution is 5.97. The first-order chi connectivity index (χ1) is 11.6. The first-order valence-electron chi connectivity index (χ1n) is 7.45. The number of nitro groups is 1. The van der Waals surface area contributed by atoms with E-state index in [4.69, 9.17) is 0 Å². The molecule has 0 aliphatic heterocycles. The van der Waals surface area contributed by atoms with Crippen molar-refractivity contribution < 1.29 is 4.92 Å². The molecule has 0 spiro atoms. The van der Waals surface area contributed by atoms with Gasteiger partial charge < -0.3 is 5.32 Å². The molecule has 3 aromatic rings. The van der Waals surface area contributed by atoms with Crippen LogP contribution in [0, 0.1) is 21.4 Å². The topological polar surface area (TPSA) is 91.8 Å². The van der Waals surface area contributed by atoms with Gasteiger partial charge in [0.05, 0.1) is 21.7 Å². The molecule has 24 heavy (non-hydrogen) atoms. The van der Waals surface area contributed by atoms with Crippen molar-refractivity contribution in [2.75, 3.05) is 5.32 Å². The number of aromatic nitrogens is 1. The molecule has 0 aliphatic rings. The fourth-order valence-corrected chi connectivity index (χ4v) is 2.53. The van der Waals surface area contributed by atoms with Crippen LogP contribution in [0.2, 0.25) is 0 Å². The molecule has 0 saturated heterocycles. The second kappa shape index (κ2) is 6.34. The number of anilines is 2. The van der Waals surface area contributed by atoms with Crippen molar-refractivity contribution in [3.63, 3.8) is 0 Å². The lowest BCUT2D eigenvalue weighted by atomic mass is 10.1. The third kappa shape index (κ3) is 2.88. The second-order valence-electron chi connectivity index (χ2n) is 5.30. The molecule has 0 amide bonds. The highest BCUT2D eigenvalue weighted by Gasteiger charge is 2.13. The SMILES string of the molecule is CCc1cccc(Nc2c(C#N)cnc3ccc([N+](=O)[O-])cc23)c1. The predicted octanol–water partition coefficient (Wildman–Crippen LogP) is 4.32. The molecule has 1 N–H and O–H groups in total. The van der Waals surface area contributed by atoms with Crippen LogP contribution in [0.5, 0.6) is 0 Å². The Hall–Kier alpha value is -3.46. The van der Waals surface area contributed by atoms with Crippen molar-refractivity contribution >= 4 is 28.0 Å². The second-order valence-corrected chi connectivity index (χ2v) is 5.30. The van der Waals surface area contributed by atoms with Crippen molar-refractivity contribution in [2.45, 2.75) is 13.3 Å². The minimum absolute atomic E-state index is 0.0373. The van der Waals surface area contributed by atoms with Crippen LogP contribution in [0.3, 0.4) is 0 Å². The van der Waals surface area contributed by atoms with E-state index in [-0.39, 0.29) is 5.69 Å². The van der Waals surface area contributed by atoms with Crippen molar-refractivity contribution in [3.05, 3.63) is 69.9 Å². The lowest BCUT2D eigenvalue weighted by Gasteiger charge is -2.12. The third-order valence-electron chi connectivity index (χ3n) is 3.79. The summed E-state index contributed by atoms with van der Waals surface area (Å²) in [4.78, 5) is 14.8. The van der Waals surface area contributed by atoms with Gasteiger partial charge in [0.1, 0.15) is 6.07 Å². The molecule has 0 saturated carbocycles. The van der Waals surface area contributed by atoms with Crippen LogP contribution in [0.1, 0.15) is 18.1 Å². The van der Waals surface area contributed by atoms with E-state index in [1.54, 1.807) is 6.07 Å². The zero-order chi connectivity index (χ0) is 17.1. The van der Waals surface area contributed by atoms with E-state index in [9.17, 15) is 15.4 Å². The first-order valence-corrected chi connectivity index (χ1v) is 7.45. The van der Waals surface area contributed by atoms with Gasteiger partial charge in [0.15, 0.2) is 0 Å². The Morgan fingerprint density at radius 1 is 1.29 bits per heavy atom. The third-order valence-corrected chi connectivity index (χ3v) is 3.79. The summed E-state index contributed by atoms with van der Waals surface area (Å²) in [6.45, 7) is 2.06. The molecule has 6 heteroatoms. The van der Waals surface area contributed by atoms with Gasteiger partial charge in [-0.15, -0.1) is 0 Å². The number of nitriles is 1. The molecule has 3 rings (SSSR count). The van der Waals surface area contributed by atoms with Crippen LogP contribution in [-0.2, 0) is 6.42 Å². The summed E-state index contributed by atoms with van der Waals surface area (Å²) >= 11 is 0. The van der Waals surface area contributed by atoms with E-state index in [1.807, 2.05) is 24.3 Å². The Morgan fingerprint density at radius 2 is 2.12 bits per heavy atom. The van der Waals surface area contributed by atoms with Gasteiger partial charge in [-0.3, -0.25) is 15.1 Å². The standard InChI is InChI=1S/C18H14N4O2/c1-2-12-4-3-5-14(8-12)21-18-13(10-19)11-20-17-7-6-15(22(23)24)9-16(17)18/h3-9,11H,2H2,1H3,(H,20,21). The highest BCUT2D eigenvalue weighted by Crippen LogP contribution is 2.31. The van der Waals surface area contributed by atoms with Gasteiger partial charge in [0, 0.05) is 29.4 Å².